The molecule has 4 rings (SSSR count). The molecule has 0 saturated carbocycles. The van der Waals surface area contributed by atoms with Gasteiger partial charge in [0.2, 0.25) is 0 Å². The highest BCUT2D eigenvalue weighted by Gasteiger charge is 2.41. The Morgan fingerprint density at radius 3 is 2.75 bits per heavy atom. The summed E-state index contributed by atoms with van der Waals surface area (Å²) in [6.45, 7) is 8.75. The highest BCUT2D eigenvalue weighted by Crippen LogP contribution is 2.43. The number of benzene rings is 1. The molecule has 0 spiro atoms. The maximum absolute atomic E-state index is 12.8. The highest BCUT2D eigenvalue weighted by molar-refractivity contribution is 7.87. The average Bonchev–Trinajstić information content (AvgIpc) is 3.08. The fraction of sp³-hybridized carbons (Fsp3) is 0.619. The molecule has 6 nitrogen and oxygen atoms in total. The lowest BCUT2D eigenvalue weighted by atomic mass is 9.74. The number of likely N-dealkylation sites (tertiary alicyclic amines) is 1. The Morgan fingerprint density at radius 2 is 2.04 bits per heavy atom. The zero-order valence-electron chi connectivity index (χ0n) is 17.1. The fourth-order valence-corrected chi connectivity index (χ4v) is 6.70. The molecule has 154 valence electrons. The van der Waals surface area contributed by atoms with Crippen LogP contribution < -0.4 is 4.72 Å². The Morgan fingerprint density at radius 1 is 1.25 bits per heavy atom. The Hall–Kier alpha value is -1.41. The van der Waals surface area contributed by atoms with Gasteiger partial charge in [0.1, 0.15) is 0 Å². The molecule has 2 aliphatic rings. The van der Waals surface area contributed by atoms with Gasteiger partial charge < -0.3 is 4.98 Å². The summed E-state index contributed by atoms with van der Waals surface area (Å²) in [6, 6.07) is 6.88. The van der Waals surface area contributed by atoms with E-state index in [1.54, 1.807) is 0 Å². The normalized spacial score (nSPS) is 25.4. The molecule has 7 heteroatoms. The van der Waals surface area contributed by atoms with Gasteiger partial charge in [0.05, 0.1) is 0 Å². The van der Waals surface area contributed by atoms with E-state index in [4.69, 9.17) is 0 Å². The van der Waals surface area contributed by atoms with Crippen molar-refractivity contribution < 1.29 is 8.42 Å². The molecule has 2 aromatic rings. The monoisotopic (exact) mass is 404 g/mol. The van der Waals surface area contributed by atoms with E-state index in [9.17, 15) is 8.42 Å². The number of aromatic amines is 1. The van der Waals surface area contributed by atoms with E-state index in [1.165, 1.54) is 26.3 Å². The first-order valence-electron chi connectivity index (χ1n) is 10.6. The number of hydrogen-bond donors (Lipinski definition) is 2. The van der Waals surface area contributed by atoms with Crippen molar-refractivity contribution in [2.24, 2.45) is 0 Å². The summed E-state index contributed by atoms with van der Waals surface area (Å²) in [7, 11) is -3.45. The van der Waals surface area contributed by atoms with E-state index in [-0.39, 0.29) is 6.04 Å². The Balaban J connectivity index is 1.66. The number of rotatable bonds is 7. The van der Waals surface area contributed by atoms with E-state index in [2.05, 4.69) is 45.9 Å². The van der Waals surface area contributed by atoms with E-state index >= 15 is 0 Å². The zero-order chi connectivity index (χ0) is 19.9. The van der Waals surface area contributed by atoms with Crippen molar-refractivity contribution in [1.82, 2.24) is 18.9 Å². The lowest BCUT2D eigenvalue weighted by Gasteiger charge is -2.47. The Kier molecular flexibility index (Phi) is 5.53. The molecule has 1 fully saturated rings. The maximum atomic E-state index is 12.8. The number of hydrogen-bond acceptors (Lipinski definition) is 3. The van der Waals surface area contributed by atoms with Crippen LogP contribution in [0.1, 0.15) is 50.7 Å². The number of aromatic nitrogens is 1. The van der Waals surface area contributed by atoms with Gasteiger partial charge in [-0.2, -0.15) is 17.4 Å². The van der Waals surface area contributed by atoms with Gasteiger partial charge in [-0.1, -0.05) is 32.9 Å². The van der Waals surface area contributed by atoms with Crippen molar-refractivity contribution in [3.8, 4) is 0 Å². The summed E-state index contributed by atoms with van der Waals surface area (Å²) in [6.07, 6.45) is 5.12. The molecule has 28 heavy (non-hydrogen) atoms. The molecule has 0 amide bonds. The topological polar surface area (TPSA) is 68.4 Å². The number of nitrogens with zero attached hydrogens (tertiary/aromatic N) is 2. The van der Waals surface area contributed by atoms with Crippen LogP contribution in [0.4, 0.5) is 0 Å². The first-order valence-corrected chi connectivity index (χ1v) is 12.0. The van der Waals surface area contributed by atoms with Crippen LogP contribution in [0.3, 0.4) is 0 Å². The first-order chi connectivity index (χ1) is 13.5. The Bertz CT molecular complexity index is 935. The van der Waals surface area contributed by atoms with Gasteiger partial charge in [0, 0.05) is 54.7 Å². The number of piperidine rings is 1. The van der Waals surface area contributed by atoms with Gasteiger partial charge in [0.15, 0.2) is 0 Å². The van der Waals surface area contributed by atoms with Crippen molar-refractivity contribution in [2.75, 3.05) is 26.2 Å². The lowest BCUT2D eigenvalue weighted by molar-refractivity contribution is 0.105. The summed E-state index contributed by atoms with van der Waals surface area (Å²) >= 11 is 0. The number of nitrogens with one attached hydrogen (secondary N) is 2. The molecule has 1 saturated heterocycles. The summed E-state index contributed by atoms with van der Waals surface area (Å²) in [4.78, 5) is 5.93. The molecule has 0 bridgehead atoms. The van der Waals surface area contributed by atoms with E-state index in [0.29, 0.717) is 25.0 Å². The molecule has 1 aliphatic carbocycles. The molecule has 2 heterocycles. The van der Waals surface area contributed by atoms with Crippen molar-refractivity contribution in [1.29, 1.82) is 0 Å². The predicted molar refractivity (Wildman–Crippen MR) is 114 cm³/mol. The summed E-state index contributed by atoms with van der Waals surface area (Å²) in [5, 5.41) is 1.35. The summed E-state index contributed by atoms with van der Waals surface area (Å²) in [5.41, 5.74) is 3.96. The molecule has 3 atom stereocenters. The number of H-pyrrole nitrogens is 1. The third-order valence-corrected chi connectivity index (χ3v) is 8.27. The molecule has 0 radical (unpaired) electrons. The second-order valence-corrected chi connectivity index (χ2v) is 9.80. The van der Waals surface area contributed by atoms with Crippen LogP contribution in [-0.2, 0) is 16.6 Å². The van der Waals surface area contributed by atoms with Crippen molar-refractivity contribution in [2.45, 2.75) is 58.0 Å². The van der Waals surface area contributed by atoms with Crippen LogP contribution >= 0.6 is 0 Å². The lowest BCUT2D eigenvalue weighted by Crippen LogP contribution is -2.57. The highest BCUT2D eigenvalue weighted by atomic mass is 32.2. The van der Waals surface area contributed by atoms with Crippen LogP contribution in [0.15, 0.2) is 24.4 Å². The largest absolute Gasteiger partial charge is 0.361 e. The minimum Gasteiger partial charge on any atom is -0.361 e. The minimum absolute atomic E-state index is 0.0610. The Labute approximate surface area is 168 Å². The maximum Gasteiger partial charge on any atom is 0.279 e. The van der Waals surface area contributed by atoms with Crippen LogP contribution in [-0.4, -0.2) is 60.9 Å². The molecular formula is C21H32N4O2S. The van der Waals surface area contributed by atoms with Gasteiger partial charge >= 0.3 is 0 Å². The van der Waals surface area contributed by atoms with Gasteiger partial charge in [-0.3, -0.25) is 4.90 Å². The van der Waals surface area contributed by atoms with Gasteiger partial charge in [-0.05, 0) is 43.0 Å². The van der Waals surface area contributed by atoms with Crippen molar-refractivity contribution in [3.63, 3.8) is 0 Å². The molecule has 2 unspecified atom stereocenters. The van der Waals surface area contributed by atoms with Crippen LogP contribution in [0.25, 0.3) is 10.9 Å². The summed E-state index contributed by atoms with van der Waals surface area (Å²) < 4.78 is 30.2. The van der Waals surface area contributed by atoms with Gasteiger partial charge in [0.25, 0.3) is 10.2 Å². The first kappa shape index (κ1) is 19.9. The zero-order valence-corrected chi connectivity index (χ0v) is 17.9. The van der Waals surface area contributed by atoms with Crippen LogP contribution in [0, 0.1) is 0 Å². The summed E-state index contributed by atoms with van der Waals surface area (Å²) in [5.74, 6) is 0.358. The van der Waals surface area contributed by atoms with Gasteiger partial charge in [-0.15, -0.1) is 0 Å². The third-order valence-electron chi connectivity index (χ3n) is 6.45. The quantitative estimate of drug-likeness (QED) is 0.746. The SMILES string of the molecule is CCCN1CC(NS(=O)(=O)N(CC)CC)CC2c3cccc4[nH]cc(c34)C[C@H]21. The second kappa shape index (κ2) is 7.78. The number of fused-ring (bicyclic) bond motifs is 2. The molecule has 1 aromatic carbocycles. The average molecular weight is 405 g/mol. The van der Waals surface area contributed by atoms with E-state index in [0.717, 1.165) is 32.4 Å². The predicted octanol–water partition coefficient (Wildman–Crippen LogP) is 2.84. The van der Waals surface area contributed by atoms with Crippen molar-refractivity contribution >= 4 is 21.1 Å². The second-order valence-electron chi connectivity index (χ2n) is 8.10. The van der Waals surface area contributed by atoms with Crippen LogP contribution in [0.2, 0.25) is 0 Å². The fourth-order valence-electron chi connectivity index (χ4n) is 5.28. The molecule has 2 N–H and O–H groups in total. The molecule has 1 aliphatic heterocycles. The third kappa shape index (κ3) is 3.38. The smallest absolute Gasteiger partial charge is 0.279 e. The minimum atomic E-state index is -3.45. The molecular weight excluding hydrogens is 372 g/mol. The van der Waals surface area contributed by atoms with Crippen LogP contribution in [0.5, 0.6) is 0 Å². The van der Waals surface area contributed by atoms with E-state index in [1.807, 2.05) is 13.8 Å². The molecule has 1 aromatic heterocycles. The van der Waals surface area contributed by atoms with Gasteiger partial charge in [-0.25, -0.2) is 0 Å². The van der Waals surface area contributed by atoms with Crippen molar-refractivity contribution in [3.05, 3.63) is 35.5 Å². The van der Waals surface area contributed by atoms with E-state index < -0.39 is 10.2 Å². The standard InChI is InChI=1S/C21H32N4O2S/c1-4-10-24-14-16(23-28(26,27)25(5-2)6-3)12-18-17-8-7-9-19-21(17)15(13-22-19)11-20(18)24/h7-9,13,16,18,20,22-23H,4-6,10-12,14H2,1-3H3/t16?,18?,20-/m1/s1.